The molecule has 0 saturated carbocycles. The van der Waals surface area contributed by atoms with E-state index in [1.807, 2.05) is 32.0 Å². The van der Waals surface area contributed by atoms with Gasteiger partial charge < -0.3 is 9.73 Å². The summed E-state index contributed by atoms with van der Waals surface area (Å²) >= 11 is 0. The van der Waals surface area contributed by atoms with Gasteiger partial charge in [0.05, 0.1) is 4.90 Å². The molecule has 2 aromatic carbocycles. The topological polar surface area (TPSA) is 105 Å². The lowest BCUT2D eigenvalue weighted by Gasteiger charge is -2.11. The number of amides is 1. The van der Waals surface area contributed by atoms with Gasteiger partial charge >= 0.3 is 5.63 Å². The summed E-state index contributed by atoms with van der Waals surface area (Å²) in [7, 11) is -2.30. The highest BCUT2D eigenvalue weighted by Crippen LogP contribution is 2.22. The summed E-state index contributed by atoms with van der Waals surface area (Å²) in [5.74, 6) is -0.325. The summed E-state index contributed by atoms with van der Waals surface area (Å²) in [5.41, 5.74) is 3.28. The van der Waals surface area contributed by atoms with Crippen LogP contribution in [0.1, 0.15) is 28.7 Å². The van der Waals surface area contributed by atoms with Crippen molar-refractivity contribution in [2.45, 2.75) is 38.5 Å². The van der Waals surface area contributed by atoms with Crippen LogP contribution in [0.25, 0.3) is 11.0 Å². The van der Waals surface area contributed by atoms with E-state index in [0.717, 1.165) is 16.5 Å². The minimum absolute atomic E-state index is 0.0605. The van der Waals surface area contributed by atoms with Gasteiger partial charge in [-0.15, -0.1) is 0 Å². The minimum Gasteiger partial charge on any atom is -0.423 e. The Bertz CT molecular complexity index is 1290. The zero-order chi connectivity index (χ0) is 22.1. The molecular formula is C22H24N2O5S. The quantitative estimate of drug-likeness (QED) is 0.587. The monoisotopic (exact) mass is 428 g/mol. The van der Waals surface area contributed by atoms with Crippen molar-refractivity contribution in [3.63, 3.8) is 0 Å². The Morgan fingerprint density at radius 1 is 1.07 bits per heavy atom. The van der Waals surface area contributed by atoms with Gasteiger partial charge in [0, 0.05) is 23.1 Å². The number of hydrogen-bond acceptors (Lipinski definition) is 5. The Morgan fingerprint density at radius 2 is 1.80 bits per heavy atom. The molecule has 1 amide bonds. The van der Waals surface area contributed by atoms with Crippen molar-refractivity contribution in [1.82, 2.24) is 4.72 Å². The van der Waals surface area contributed by atoms with Crippen LogP contribution in [0.3, 0.4) is 0 Å². The van der Waals surface area contributed by atoms with Gasteiger partial charge in [0.1, 0.15) is 5.58 Å². The van der Waals surface area contributed by atoms with Crippen LogP contribution in [0.5, 0.6) is 0 Å². The Hall–Kier alpha value is -2.97. The van der Waals surface area contributed by atoms with Gasteiger partial charge in [-0.1, -0.05) is 18.2 Å². The smallest absolute Gasteiger partial charge is 0.339 e. The summed E-state index contributed by atoms with van der Waals surface area (Å²) in [6.45, 7) is 5.45. The maximum absolute atomic E-state index is 12.4. The summed E-state index contributed by atoms with van der Waals surface area (Å²) in [6, 6.07) is 10.3. The molecule has 0 fully saturated rings. The summed E-state index contributed by atoms with van der Waals surface area (Å²) in [4.78, 5) is 24.9. The largest absolute Gasteiger partial charge is 0.423 e. The third-order valence-corrected chi connectivity index (χ3v) is 6.63. The number of nitrogens with one attached hydrogen (secondary N) is 2. The second kappa shape index (κ2) is 8.41. The molecule has 158 valence electrons. The molecule has 0 bridgehead atoms. The number of rotatable bonds is 6. The molecule has 0 saturated heterocycles. The van der Waals surface area contributed by atoms with E-state index in [4.69, 9.17) is 4.42 Å². The molecular weight excluding hydrogens is 404 g/mol. The molecule has 0 unspecified atom stereocenters. The fourth-order valence-corrected chi connectivity index (χ4v) is 4.32. The summed E-state index contributed by atoms with van der Waals surface area (Å²) < 4.78 is 31.9. The van der Waals surface area contributed by atoms with Crippen LogP contribution >= 0.6 is 0 Å². The Balaban J connectivity index is 1.78. The molecule has 3 aromatic rings. The maximum Gasteiger partial charge on any atom is 0.339 e. The van der Waals surface area contributed by atoms with E-state index in [-0.39, 0.29) is 23.6 Å². The lowest BCUT2D eigenvalue weighted by Crippen LogP contribution is -2.20. The zero-order valence-electron chi connectivity index (χ0n) is 17.3. The van der Waals surface area contributed by atoms with Crippen molar-refractivity contribution >= 4 is 32.6 Å². The first-order chi connectivity index (χ1) is 14.1. The van der Waals surface area contributed by atoms with Crippen LogP contribution in [-0.4, -0.2) is 21.4 Å². The third kappa shape index (κ3) is 4.44. The molecule has 1 heterocycles. The van der Waals surface area contributed by atoms with E-state index < -0.39 is 15.6 Å². The van der Waals surface area contributed by atoms with E-state index in [1.165, 1.54) is 13.1 Å². The summed E-state index contributed by atoms with van der Waals surface area (Å²) in [5, 5.41) is 3.54. The SMILES string of the molecule is CNS(=O)(=O)c1cc(NC(=O)CCc2c(C)c3ccc(C)cc3oc2=O)ccc1C. The normalized spacial score (nSPS) is 11.6. The average molecular weight is 429 g/mol. The van der Waals surface area contributed by atoms with E-state index in [0.29, 0.717) is 22.4 Å². The average Bonchev–Trinajstić information content (AvgIpc) is 2.68. The van der Waals surface area contributed by atoms with Gasteiger partial charge in [-0.05, 0) is 69.1 Å². The van der Waals surface area contributed by atoms with Gasteiger partial charge in [0.2, 0.25) is 15.9 Å². The number of carbonyl (C=O) groups is 1. The first-order valence-electron chi connectivity index (χ1n) is 9.49. The molecule has 7 nitrogen and oxygen atoms in total. The number of hydrogen-bond donors (Lipinski definition) is 2. The Kier molecular flexibility index (Phi) is 6.09. The minimum atomic E-state index is -3.63. The maximum atomic E-state index is 12.4. The molecule has 0 aliphatic rings. The van der Waals surface area contributed by atoms with E-state index in [9.17, 15) is 18.0 Å². The standard InChI is InChI=1S/C22H24N2O5S/c1-13-5-8-17-15(3)18(22(26)29-19(17)11-13)9-10-21(25)24-16-7-6-14(2)20(12-16)30(27,28)23-4/h5-8,11-12,23H,9-10H2,1-4H3,(H,24,25). The second-order valence-electron chi connectivity index (χ2n) is 7.23. The second-order valence-corrected chi connectivity index (χ2v) is 9.08. The highest BCUT2D eigenvalue weighted by molar-refractivity contribution is 7.89. The highest BCUT2D eigenvalue weighted by atomic mass is 32.2. The van der Waals surface area contributed by atoms with Gasteiger partial charge in [0.25, 0.3) is 0 Å². The Morgan fingerprint density at radius 3 is 2.50 bits per heavy atom. The van der Waals surface area contributed by atoms with Gasteiger partial charge in [-0.25, -0.2) is 17.9 Å². The molecule has 30 heavy (non-hydrogen) atoms. The molecule has 0 aliphatic carbocycles. The third-order valence-electron chi connectivity index (χ3n) is 5.08. The van der Waals surface area contributed by atoms with Crippen molar-refractivity contribution in [1.29, 1.82) is 0 Å². The van der Waals surface area contributed by atoms with Gasteiger partial charge in [-0.3, -0.25) is 4.79 Å². The summed E-state index contributed by atoms with van der Waals surface area (Å²) in [6.07, 6.45) is 0.280. The zero-order valence-corrected chi connectivity index (χ0v) is 18.1. The van der Waals surface area contributed by atoms with Crippen molar-refractivity contribution in [3.8, 4) is 0 Å². The molecule has 0 spiro atoms. The number of aryl methyl sites for hydroxylation is 3. The fraction of sp³-hybridized carbons (Fsp3) is 0.273. The first-order valence-corrected chi connectivity index (χ1v) is 11.0. The number of anilines is 1. The van der Waals surface area contributed by atoms with Crippen LogP contribution in [0, 0.1) is 20.8 Å². The fourth-order valence-electron chi connectivity index (χ4n) is 3.33. The molecule has 0 aliphatic heterocycles. The van der Waals surface area contributed by atoms with Gasteiger partial charge in [0.15, 0.2) is 0 Å². The lowest BCUT2D eigenvalue weighted by atomic mass is 10.0. The van der Waals surface area contributed by atoms with Crippen LogP contribution < -0.4 is 15.7 Å². The van der Waals surface area contributed by atoms with Crippen molar-refractivity contribution in [2.24, 2.45) is 0 Å². The number of fused-ring (bicyclic) bond motifs is 1. The molecule has 0 radical (unpaired) electrons. The van der Waals surface area contributed by atoms with Crippen molar-refractivity contribution < 1.29 is 17.6 Å². The molecule has 2 N–H and O–H groups in total. The van der Waals surface area contributed by atoms with Crippen LogP contribution in [0.2, 0.25) is 0 Å². The van der Waals surface area contributed by atoms with Crippen molar-refractivity contribution in [2.75, 3.05) is 12.4 Å². The predicted molar refractivity (Wildman–Crippen MR) is 116 cm³/mol. The predicted octanol–water partition coefficient (Wildman–Crippen LogP) is 3.20. The van der Waals surface area contributed by atoms with Crippen LogP contribution in [0.15, 0.2) is 50.5 Å². The molecule has 8 heteroatoms. The van der Waals surface area contributed by atoms with Crippen LogP contribution in [-0.2, 0) is 21.2 Å². The lowest BCUT2D eigenvalue weighted by molar-refractivity contribution is -0.116. The van der Waals surface area contributed by atoms with Crippen LogP contribution in [0.4, 0.5) is 5.69 Å². The molecule has 1 aromatic heterocycles. The van der Waals surface area contributed by atoms with Gasteiger partial charge in [-0.2, -0.15) is 0 Å². The van der Waals surface area contributed by atoms with E-state index in [2.05, 4.69) is 10.0 Å². The number of carbonyl (C=O) groups excluding carboxylic acids is 1. The highest BCUT2D eigenvalue weighted by Gasteiger charge is 2.17. The van der Waals surface area contributed by atoms with E-state index >= 15 is 0 Å². The first kappa shape index (κ1) is 21.7. The molecule has 3 rings (SSSR count). The van der Waals surface area contributed by atoms with Crippen molar-refractivity contribution in [3.05, 3.63) is 69.1 Å². The Labute approximate surface area is 175 Å². The molecule has 0 atom stereocenters. The number of sulfonamides is 1. The van der Waals surface area contributed by atoms with E-state index in [1.54, 1.807) is 19.1 Å². The number of benzene rings is 2.